The Morgan fingerprint density at radius 3 is 2.75 bits per heavy atom. The summed E-state index contributed by atoms with van der Waals surface area (Å²) < 4.78 is 18.9. The number of hydrogen-bond donors (Lipinski definition) is 2. The molecule has 0 heterocycles. The molecule has 20 heavy (non-hydrogen) atoms. The van der Waals surface area contributed by atoms with Crippen LogP contribution in [0.25, 0.3) is 0 Å². The molecule has 1 aromatic rings. The summed E-state index contributed by atoms with van der Waals surface area (Å²) in [4.78, 5) is 13.6. The molecule has 0 bridgehead atoms. The summed E-state index contributed by atoms with van der Waals surface area (Å²) in [5, 5.41) is 0. The minimum Gasteiger partial charge on any atom is -0.383 e. The van der Waals surface area contributed by atoms with Crippen LogP contribution in [0.5, 0.6) is 0 Å². The number of hydrogen-bond acceptors (Lipinski definition) is 4. The number of amides is 1. The number of carbonyl (C=O) groups is 1. The summed E-state index contributed by atoms with van der Waals surface area (Å²) in [6, 6.07) is 4.47. The highest BCUT2D eigenvalue weighted by Gasteiger charge is 2.14. The average Bonchev–Trinajstić information content (AvgIpc) is 2.44. The van der Waals surface area contributed by atoms with Crippen LogP contribution >= 0.6 is 0 Å². The smallest absolute Gasteiger partial charge is 0.265 e. The number of nitrogens with zero attached hydrogens (tertiary/aromatic N) is 1. The van der Waals surface area contributed by atoms with Crippen molar-refractivity contribution in [3.8, 4) is 0 Å². The van der Waals surface area contributed by atoms with Gasteiger partial charge in [-0.05, 0) is 32.0 Å². The summed E-state index contributed by atoms with van der Waals surface area (Å²) in [5.74, 6) is 4.32. The molecule has 0 atom stereocenters. The van der Waals surface area contributed by atoms with Gasteiger partial charge >= 0.3 is 0 Å². The zero-order chi connectivity index (χ0) is 15.1. The summed E-state index contributed by atoms with van der Waals surface area (Å²) >= 11 is 0. The summed E-state index contributed by atoms with van der Waals surface area (Å²) in [5.41, 5.74) is 2.86. The van der Waals surface area contributed by atoms with Gasteiger partial charge in [-0.15, -0.1) is 0 Å². The Kier molecular flexibility index (Phi) is 6.57. The van der Waals surface area contributed by atoms with Gasteiger partial charge in [0.1, 0.15) is 5.82 Å². The molecule has 0 radical (unpaired) electrons. The molecule has 3 N–H and O–H groups in total. The van der Waals surface area contributed by atoms with Crippen molar-refractivity contribution in [2.45, 2.75) is 26.4 Å². The minimum atomic E-state index is -0.431. The van der Waals surface area contributed by atoms with Crippen LogP contribution in [0.4, 0.5) is 4.39 Å². The fourth-order valence-corrected chi connectivity index (χ4v) is 1.87. The maximum absolute atomic E-state index is 13.9. The van der Waals surface area contributed by atoms with E-state index in [0.717, 1.165) is 0 Å². The van der Waals surface area contributed by atoms with Gasteiger partial charge in [0.05, 0.1) is 6.61 Å². The quantitative estimate of drug-likeness (QED) is 0.449. The molecule has 0 aliphatic rings. The van der Waals surface area contributed by atoms with Crippen molar-refractivity contribution < 1.29 is 13.9 Å². The van der Waals surface area contributed by atoms with E-state index in [9.17, 15) is 9.18 Å². The number of benzene rings is 1. The number of halogens is 1. The Morgan fingerprint density at radius 1 is 1.50 bits per heavy atom. The van der Waals surface area contributed by atoms with Crippen molar-refractivity contribution in [2.24, 2.45) is 5.84 Å². The lowest BCUT2D eigenvalue weighted by Crippen LogP contribution is -2.34. The fourth-order valence-electron chi connectivity index (χ4n) is 1.87. The lowest BCUT2D eigenvalue weighted by molar-refractivity contribution is 0.0953. The second-order valence-corrected chi connectivity index (χ2v) is 4.84. The molecule has 0 saturated heterocycles. The highest BCUT2D eigenvalue weighted by atomic mass is 19.1. The Morgan fingerprint density at radius 2 is 2.20 bits per heavy atom. The molecule has 1 rings (SSSR count). The molecule has 0 fully saturated rings. The third-order valence-corrected chi connectivity index (χ3v) is 3.13. The predicted molar refractivity (Wildman–Crippen MR) is 75.5 cm³/mol. The number of nitrogens with two attached hydrogens (primary N) is 1. The van der Waals surface area contributed by atoms with Gasteiger partial charge in [-0.2, -0.15) is 0 Å². The number of ether oxygens (including phenoxy) is 1. The van der Waals surface area contributed by atoms with Crippen LogP contribution in [-0.2, 0) is 11.3 Å². The minimum absolute atomic E-state index is 0.247. The van der Waals surface area contributed by atoms with Crippen molar-refractivity contribution >= 4 is 5.91 Å². The zero-order valence-electron chi connectivity index (χ0n) is 12.1. The Bertz CT molecular complexity index is 452. The molecule has 0 aliphatic carbocycles. The molecule has 0 aliphatic heterocycles. The molecule has 5 nitrogen and oxygen atoms in total. The number of nitrogens with one attached hydrogen (secondary N) is 1. The largest absolute Gasteiger partial charge is 0.383 e. The van der Waals surface area contributed by atoms with Gasteiger partial charge in [0.25, 0.3) is 5.91 Å². The van der Waals surface area contributed by atoms with Crippen LogP contribution in [0.3, 0.4) is 0 Å². The normalized spacial score (nSPS) is 11.2. The van der Waals surface area contributed by atoms with Crippen LogP contribution < -0.4 is 11.3 Å². The van der Waals surface area contributed by atoms with Crippen molar-refractivity contribution in [1.82, 2.24) is 10.3 Å². The molecule has 0 spiro atoms. The average molecular weight is 283 g/mol. The van der Waals surface area contributed by atoms with Crippen molar-refractivity contribution in [2.75, 3.05) is 20.3 Å². The first-order valence-electron chi connectivity index (χ1n) is 6.52. The predicted octanol–water partition coefficient (Wildman–Crippen LogP) is 1.29. The maximum atomic E-state index is 13.9. The van der Waals surface area contributed by atoms with Crippen LogP contribution in [0, 0.1) is 5.82 Å². The van der Waals surface area contributed by atoms with Gasteiger partial charge in [-0.1, -0.05) is 0 Å². The Labute approximate surface area is 118 Å². The van der Waals surface area contributed by atoms with E-state index in [1.165, 1.54) is 18.2 Å². The third-order valence-electron chi connectivity index (χ3n) is 3.13. The molecule has 1 aromatic carbocycles. The second kappa shape index (κ2) is 7.94. The van der Waals surface area contributed by atoms with Gasteiger partial charge in [-0.25, -0.2) is 10.2 Å². The van der Waals surface area contributed by atoms with E-state index >= 15 is 0 Å². The van der Waals surface area contributed by atoms with E-state index in [2.05, 4.69) is 4.90 Å². The molecule has 0 aromatic heterocycles. The first-order chi connectivity index (χ1) is 9.49. The summed E-state index contributed by atoms with van der Waals surface area (Å²) in [7, 11) is 1.63. The highest BCUT2D eigenvalue weighted by molar-refractivity contribution is 5.93. The fraction of sp³-hybridized carbons (Fsp3) is 0.500. The van der Waals surface area contributed by atoms with Crippen LogP contribution in [0.2, 0.25) is 0 Å². The standard InChI is InChI=1S/C14H22FN3O2/c1-10(2)18(6-7-20-3)9-12-8-11(14(19)17-16)4-5-13(12)15/h4-5,8,10H,6-7,9,16H2,1-3H3,(H,17,19). The molecule has 6 heteroatoms. The third kappa shape index (κ3) is 4.56. The monoisotopic (exact) mass is 283 g/mol. The topological polar surface area (TPSA) is 67.6 Å². The summed E-state index contributed by atoms with van der Waals surface area (Å²) in [6.45, 7) is 5.75. The van der Waals surface area contributed by atoms with E-state index in [1.54, 1.807) is 7.11 Å². The lowest BCUT2D eigenvalue weighted by atomic mass is 10.1. The van der Waals surface area contributed by atoms with Crippen LogP contribution in [-0.4, -0.2) is 37.1 Å². The van der Waals surface area contributed by atoms with Gasteiger partial charge < -0.3 is 4.74 Å². The maximum Gasteiger partial charge on any atom is 0.265 e. The zero-order valence-corrected chi connectivity index (χ0v) is 12.1. The van der Waals surface area contributed by atoms with Crippen LogP contribution in [0.15, 0.2) is 18.2 Å². The molecular formula is C14H22FN3O2. The number of rotatable bonds is 7. The molecule has 112 valence electrons. The van der Waals surface area contributed by atoms with Crippen molar-refractivity contribution in [3.63, 3.8) is 0 Å². The van der Waals surface area contributed by atoms with Crippen molar-refractivity contribution in [3.05, 3.63) is 35.1 Å². The molecular weight excluding hydrogens is 261 g/mol. The second-order valence-electron chi connectivity index (χ2n) is 4.84. The van der Waals surface area contributed by atoms with E-state index in [4.69, 9.17) is 10.6 Å². The van der Waals surface area contributed by atoms with Gasteiger partial charge in [0.2, 0.25) is 0 Å². The number of methoxy groups -OCH3 is 1. The van der Waals surface area contributed by atoms with Crippen molar-refractivity contribution in [1.29, 1.82) is 0 Å². The molecule has 0 saturated carbocycles. The number of nitrogen functional groups attached to an aromatic ring is 1. The Hall–Kier alpha value is -1.50. The Balaban J connectivity index is 2.90. The van der Waals surface area contributed by atoms with Crippen LogP contribution in [0.1, 0.15) is 29.8 Å². The van der Waals surface area contributed by atoms with E-state index in [1.807, 2.05) is 19.3 Å². The molecule has 0 unspecified atom stereocenters. The highest BCUT2D eigenvalue weighted by Crippen LogP contribution is 2.15. The summed E-state index contributed by atoms with van der Waals surface area (Å²) in [6.07, 6.45) is 0. The first-order valence-corrected chi connectivity index (χ1v) is 6.52. The van der Waals surface area contributed by atoms with E-state index in [-0.39, 0.29) is 11.9 Å². The van der Waals surface area contributed by atoms with Gasteiger partial charge in [-0.3, -0.25) is 15.1 Å². The van der Waals surface area contributed by atoms with E-state index < -0.39 is 5.91 Å². The molecule has 1 amide bonds. The number of hydrazine groups is 1. The van der Waals surface area contributed by atoms with Gasteiger partial charge in [0, 0.05) is 37.4 Å². The van der Waals surface area contributed by atoms with Gasteiger partial charge in [0.15, 0.2) is 0 Å². The first kappa shape index (κ1) is 16.6. The van der Waals surface area contributed by atoms with E-state index in [0.29, 0.717) is 30.8 Å². The lowest BCUT2D eigenvalue weighted by Gasteiger charge is -2.26. The SMILES string of the molecule is COCCN(Cc1cc(C(=O)NN)ccc1F)C(C)C. The number of carbonyl (C=O) groups excluding carboxylic acids is 1.